The number of hydrogen-bond donors (Lipinski definition) is 1. The average molecular weight is 333 g/mol. The number of rotatable bonds is 6. The van der Waals surface area contributed by atoms with Crippen LogP contribution >= 0.6 is 11.3 Å². The molecule has 2 aromatic rings. The smallest absolute Gasteiger partial charge is 0.257 e. The second kappa shape index (κ2) is 7.75. The minimum Gasteiger partial charge on any atom is -0.376 e. The first-order valence-electron chi connectivity index (χ1n) is 8.26. The van der Waals surface area contributed by atoms with Crippen molar-refractivity contribution in [1.82, 2.24) is 15.1 Å². The minimum atomic E-state index is 0.0379. The van der Waals surface area contributed by atoms with Crippen LogP contribution in [0.15, 0.2) is 23.0 Å². The average Bonchev–Trinajstić information content (AvgIpc) is 3.25. The van der Waals surface area contributed by atoms with Gasteiger partial charge in [-0.3, -0.25) is 9.89 Å². The molecule has 1 atom stereocenters. The normalized spacial score (nSPS) is 18.0. The number of nitrogens with one attached hydrogen (secondary N) is 1. The Kier molecular flexibility index (Phi) is 5.46. The molecule has 3 rings (SSSR count). The van der Waals surface area contributed by atoms with Crippen molar-refractivity contribution in [3.63, 3.8) is 0 Å². The molecule has 0 saturated carbocycles. The third-order valence-corrected chi connectivity index (χ3v) is 4.84. The van der Waals surface area contributed by atoms with Crippen molar-refractivity contribution in [2.75, 3.05) is 19.7 Å². The highest BCUT2D eigenvalue weighted by molar-refractivity contribution is 7.08. The molecule has 1 unspecified atom stereocenters. The number of aromatic amines is 1. The fraction of sp³-hybridized carbons (Fsp3) is 0.529. The van der Waals surface area contributed by atoms with Gasteiger partial charge >= 0.3 is 0 Å². The zero-order valence-electron chi connectivity index (χ0n) is 13.5. The van der Waals surface area contributed by atoms with Gasteiger partial charge in [0.25, 0.3) is 5.91 Å². The Balaban J connectivity index is 1.77. The number of carbonyl (C=O) groups excluding carboxylic acids is 1. The van der Waals surface area contributed by atoms with E-state index in [-0.39, 0.29) is 12.0 Å². The number of thiophene rings is 1. The van der Waals surface area contributed by atoms with Crippen LogP contribution in [0.3, 0.4) is 0 Å². The number of H-pyrrole nitrogens is 1. The van der Waals surface area contributed by atoms with Crippen molar-refractivity contribution in [2.45, 2.75) is 38.7 Å². The first-order chi connectivity index (χ1) is 11.3. The molecule has 1 aliphatic rings. The third-order valence-electron chi connectivity index (χ3n) is 4.16. The number of amides is 1. The molecule has 0 bridgehead atoms. The lowest BCUT2D eigenvalue weighted by Gasteiger charge is -2.29. The van der Waals surface area contributed by atoms with Gasteiger partial charge in [0.2, 0.25) is 0 Å². The van der Waals surface area contributed by atoms with Crippen molar-refractivity contribution in [3.05, 3.63) is 28.6 Å². The van der Waals surface area contributed by atoms with Crippen LogP contribution in [-0.2, 0) is 4.74 Å². The molecule has 124 valence electrons. The maximum atomic E-state index is 13.0. The molecule has 23 heavy (non-hydrogen) atoms. The summed E-state index contributed by atoms with van der Waals surface area (Å²) in [6.07, 6.45) is 6.09. The van der Waals surface area contributed by atoms with Gasteiger partial charge in [0.05, 0.1) is 23.6 Å². The topological polar surface area (TPSA) is 58.2 Å². The van der Waals surface area contributed by atoms with Gasteiger partial charge in [0, 0.05) is 30.6 Å². The van der Waals surface area contributed by atoms with Gasteiger partial charge in [-0.1, -0.05) is 6.92 Å². The van der Waals surface area contributed by atoms with E-state index in [1.165, 1.54) is 6.42 Å². The Hall–Kier alpha value is -1.66. The molecule has 0 radical (unpaired) electrons. The molecule has 0 aromatic carbocycles. The molecule has 1 aliphatic heterocycles. The highest BCUT2D eigenvalue weighted by Gasteiger charge is 2.25. The summed E-state index contributed by atoms with van der Waals surface area (Å²) in [5.41, 5.74) is 2.47. The molecule has 0 spiro atoms. The van der Waals surface area contributed by atoms with E-state index in [0.717, 1.165) is 43.7 Å². The number of aromatic nitrogens is 2. The molecule has 1 fully saturated rings. The Labute approximate surface area is 140 Å². The van der Waals surface area contributed by atoms with Crippen molar-refractivity contribution in [2.24, 2.45) is 0 Å². The fourth-order valence-electron chi connectivity index (χ4n) is 2.99. The summed E-state index contributed by atoms with van der Waals surface area (Å²) in [5.74, 6) is 0.0379. The van der Waals surface area contributed by atoms with Gasteiger partial charge in [-0.15, -0.1) is 0 Å². The molecule has 0 aliphatic carbocycles. The van der Waals surface area contributed by atoms with E-state index in [9.17, 15) is 4.79 Å². The minimum absolute atomic E-state index is 0.0379. The van der Waals surface area contributed by atoms with E-state index < -0.39 is 0 Å². The highest BCUT2D eigenvalue weighted by atomic mass is 32.1. The van der Waals surface area contributed by atoms with E-state index in [0.29, 0.717) is 12.1 Å². The summed E-state index contributed by atoms with van der Waals surface area (Å²) in [6, 6.07) is 2.00. The van der Waals surface area contributed by atoms with Crippen molar-refractivity contribution < 1.29 is 9.53 Å². The van der Waals surface area contributed by atoms with Crippen LogP contribution in [0.4, 0.5) is 0 Å². The monoisotopic (exact) mass is 333 g/mol. The Bertz CT molecular complexity index is 618. The van der Waals surface area contributed by atoms with E-state index >= 15 is 0 Å². The largest absolute Gasteiger partial charge is 0.376 e. The maximum Gasteiger partial charge on any atom is 0.257 e. The first kappa shape index (κ1) is 16.2. The quantitative estimate of drug-likeness (QED) is 0.879. The molecule has 5 nitrogen and oxygen atoms in total. The van der Waals surface area contributed by atoms with Gasteiger partial charge in [-0.2, -0.15) is 16.4 Å². The molecule has 2 aromatic heterocycles. The molecule has 1 amide bonds. The maximum absolute atomic E-state index is 13.0. The zero-order chi connectivity index (χ0) is 16.1. The second-order valence-corrected chi connectivity index (χ2v) is 6.69. The summed E-state index contributed by atoms with van der Waals surface area (Å²) in [4.78, 5) is 14.9. The second-order valence-electron chi connectivity index (χ2n) is 5.91. The van der Waals surface area contributed by atoms with Crippen molar-refractivity contribution in [3.8, 4) is 11.3 Å². The van der Waals surface area contributed by atoms with E-state index in [4.69, 9.17) is 4.74 Å². The third kappa shape index (κ3) is 3.82. The van der Waals surface area contributed by atoms with Gasteiger partial charge in [-0.05, 0) is 37.1 Å². The van der Waals surface area contributed by atoms with Crippen LogP contribution in [0, 0.1) is 0 Å². The van der Waals surface area contributed by atoms with Gasteiger partial charge in [-0.25, -0.2) is 0 Å². The van der Waals surface area contributed by atoms with Gasteiger partial charge in [0.1, 0.15) is 0 Å². The Morgan fingerprint density at radius 2 is 2.43 bits per heavy atom. The van der Waals surface area contributed by atoms with Crippen LogP contribution in [-0.4, -0.2) is 46.8 Å². The number of nitrogens with zero attached hydrogens (tertiary/aromatic N) is 2. The van der Waals surface area contributed by atoms with Crippen LogP contribution in [0.2, 0.25) is 0 Å². The SMILES string of the molecule is CCCN(CC1CCCCO1)C(=O)c1cn[nH]c1-c1ccsc1. The van der Waals surface area contributed by atoms with Crippen LogP contribution in [0.1, 0.15) is 43.0 Å². The van der Waals surface area contributed by atoms with Crippen molar-refractivity contribution >= 4 is 17.2 Å². The molecule has 1 N–H and O–H groups in total. The van der Waals surface area contributed by atoms with E-state index in [1.807, 2.05) is 21.7 Å². The van der Waals surface area contributed by atoms with Crippen molar-refractivity contribution in [1.29, 1.82) is 0 Å². The summed E-state index contributed by atoms with van der Waals surface area (Å²) < 4.78 is 5.81. The van der Waals surface area contributed by atoms with Crippen LogP contribution < -0.4 is 0 Å². The molecule has 3 heterocycles. The number of carbonyl (C=O) groups is 1. The Morgan fingerprint density at radius 3 is 3.13 bits per heavy atom. The highest BCUT2D eigenvalue weighted by Crippen LogP contribution is 2.25. The lowest BCUT2D eigenvalue weighted by Crippen LogP contribution is -2.40. The molecule has 1 saturated heterocycles. The summed E-state index contributed by atoms with van der Waals surface area (Å²) in [5, 5.41) is 11.1. The standard InChI is InChI=1S/C17H23N3O2S/c1-2-7-20(11-14-5-3-4-8-22-14)17(21)15-10-18-19-16(15)13-6-9-23-12-13/h6,9-10,12,14H,2-5,7-8,11H2,1H3,(H,18,19). The lowest BCUT2D eigenvalue weighted by atomic mass is 10.1. The van der Waals surface area contributed by atoms with Crippen LogP contribution in [0.25, 0.3) is 11.3 Å². The number of ether oxygens (including phenoxy) is 1. The number of hydrogen-bond acceptors (Lipinski definition) is 4. The molecule has 6 heteroatoms. The molecular weight excluding hydrogens is 310 g/mol. The zero-order valence-corrected chi connectivity index (χ0v) is 14.3. The lowest BCUT2D eigenvalue weighted by molar-refractivity contribution is -0.00382. The van der Waals surface area contributed by atoms with E-state index in [2.05, 4.69) is 17.1 Å². The Morgan fingerprint density at radius 1 is 1.52 bits per heavy atom. The predicted molar refractivity (Wildman–Crippen MR) is 91.7 cm³/mol. The van der Waals surface area contributed by atoms with Crippen LogP contribution in [0.5, 0.6) is 0 Å². The summed E-state index contributed by atoms with van der Waals surface area (Å²) >= 11 is 1.61. The summed E-state index contributed by atoms with van der Waals surface area (Å²) in [7, 11) is 0. The van der Waals surface area contributed by atoms with Gasteiger partial charge < -0.3 is 9.64 Å². The molecular formula is C17H23N3O2S. The van der Waals surface area contributed by atoms with Gasteiger partial charge in [0.15, 0.2) is 0 Å². The summed E-state index contributed by atoms with van der Waals surface area (Å²) in [6.45, 7) is 4.32. The fourth-order valence-corrected chi connectivity index (χ4v) is 3.64. The van der Waals surface area contributed by atoms with E-state index in [1.54, 1.807) is 17.5 Å². The first-order valence-corrected chi connectivity index (χ1v) is 9.20. The predicted octanol–water partition coefficient (Wildman–Crippen LogP) is 3.56.